The Morgan fingerprint density at radius 2 is 1.80 bits per heavy atom. The third-order valence-corrected chi connectivity index (χ3v) is 6.66. The summed E-state index contributed by atoms with van der Waals surface area (Å²) in [5.41, 5.74) is -4.00. The molecular formula is C25H21F6N7O2. The van der Waals surface area contributed by atoms with E-state index in [9.17, 15) is 35.9 Å². The van der Waals surface area contributed by atoms with Gasteiger partial charge in [-0.2, -0.15) is 18.3 Å². The minimum Gasteiger partial charge on any atom is -0.380 e. The summed E-state index contributed by atoms with van der Waals surface area (Å²) in [6.07, 6.45) is -1.27. The van der Waals surface area contributed by atoms with Crippen LogP contribution in [0, 0.1) is 11.7 Å². The lowest BCUT2D eigenvalue weighted by atomic mass is 10.1. The molecular weight excluding hydrogens is 544 g/mol. The zero-order valence-electron chi connectivity index (χ0n) is 20.6. The molecule has 0 saturated heterocycles. The molecule has 1 fully saturated rings. The van der Waals surface area contributed by atoms with Gasteiger partial charge in [-0.05, 0) is 43.7 Å². The summed E-state index contributed by atoms with van der Waals surface area (Å²) in [4.78, 5) is 36.5. The number of nitrogens with zero attached hydrogens (tertiary/aromatic N) is 5. The number of fused-ring (bicyclic) bond motifs is 1. The van der Waals surface area contributed by atoms with E-state index in [0.717, 1.165) is 37.5 Å². The number of benzene rings is 1. The molecule has 1 aliphatic carbocycles. The summed E-state index contributed by atoms with van der Waals surface area (Å²) in [6.45, 7) is 0.161. The Morgan fingerprint density at radius 3 is 2.45 bits per heavy atom. The molecule has 1 aliphatic rings. The van der Waals surface area contributed by atoms with Gasteiger partial charge in [-0.15, -0.1) is 0 Å². The molecule has 1 aromatic carbocycles. The molecule has 5 rings (SSSR count). The maximum Gasteiger partial charge on any atom is 0.423 e. The lowest BCUT2D eigenvalue weighted by molar-refractivity contribution is -0.138. The number of aromatic nitrogens is 6. The second kappa shape index (κ2) is 10.7. The highest BCUT2D eigenvalue weighted by molar-refractivity contribution is 5.82. The van der Waals surface area contributed by atoms with Crippen molar-refractivity contribution in [2.75, 3.05) is 5.32 Å². The van der Waals surface area contributed by atoms with Crippen molar-refractivity contribution in [3.8, 4) is 11.4 Å². The Balaban J connectivity index is 1.32. The Labute approximate surface area is 221 Å². The highest BCUT2D eigenvalue weighted by atomic mass is 19.4. The number of hydrogen-bond donors (Lipinski definition) is 2. The van der Waals surface area contributed by atoms with E-state index in [2.05, 4.69) is 25.4 Å². The van der Waals surface area contributed by atoms with E-state index in [-0.39, 0.29) is 40.8 Å². The molecule has 2 N–H and O–H groups in total. The van der Waals surface area contributed by atoms with Crippen LogP contribution in [0.5, 0.6) is 0 Å². The molecule has 0 amide bonds. The van der Waals surface area contributed by atoms with E-state index in [1.807, 2.05) is 0 Å². The van der Waals surface area contributed by atoms with Crippen LogP contribution in [-0.4, -0.2) is 35.8 Å². The highest BCUT2D eigenvalue weighted by Gasteiger charge is 2.39. The fraction of sp³-hybridized carbons (Fsp3) is 0.360. The van der Waals surface area contributed by atoms with E-state index in [0.29, 0.717) is 12.8 Å². The first-order chi connectivity index (χ1) is 19.0. The average molecular weight is 565 g/mol. The quantitative estimate of drug-likeness (QED) is 0.283. The van der Waals surface area contributed by atoms with Crippen LogP contribution in [-0.2, 0) is 12.7 Å². The third-order valence-electron chi connectivity index (χ3n) is 6.66. The first kappa shape index (κ1) is 27.3. The zero-order chi connectivity index (χ0) is 28.6. The molecule has 0 unspecified atom stereocenters. The van der Waals surface area contributed by atoms with Crippen molar-refractivity contribution in [2.45, 2.75) is 50.9 Å². The van der Waals surface area contributed by atoms with Gasteiger partial charge >= 0.3 is 6.18 Å². The molecule has 15 heteroatoms. The van der Waals surface area contributed by atoms with Crippen molar-refractivity contribution in [3.63, 3.8) is 0 Å². The van der Waals surface area contributed by atoms with Gasteiger partial charge in [-0.3, -0.25) is 14.2 Å². The Hall–Kier alpha value is -4.30. The fourth-order valence-electron chi connectivity index (χ4n) is 4.49. The third kappa shape index (κ3) is 5.67. The van der Waals surface area contributed by atoms with Gasteiger partial charge in [0, 0.05) is 25.0 Å². The number of anilines is 1. The molecule has 0 radical (unpaired) electrons. The summed E-state index contributed by atoms with van der Waals surface area (Å²) in [5, 5.41) is 8.08. The van der Waals surface area contributed by atoms with E-state index in [1.165, 1.54) is 17.0 Å². The van der Waals surface area contributed by atoms with Gasteiger partial charge in [0.1, 0.15) is 11.4 Å². The molecule has 210 valence electrons. The second-order valence-corrected chi connectivity index (χ2v) is 9.45. The molecule has 3 aromatic heterocycles. The van der Waals surface area contributed by atoms with Crippen LogP contribution in [0.25, 0.3) is 22.3 Å². The number of aryl methyl sites for hydroxylation is 1. The Bertz CT molecular complexity index is 1650. The number of alkyl halides is 5. The Morgan fingerprint density at radius 1 is 1.07 bits per heavy atom. The number of halogens is 6. The molecule has 0 bridgehead atoms. The van der Waals surface area contributed by atoms with Crippen molar-refractivity contribution in [3.05, 3.63) is 74.7 Å². The van der Waals surface area contributed by atoms with E-state index >= 15 is 0 Å². The summed E-state index contributed by atoms with van der Waals surface area (Å²) in [6, 6.07) is 1.85. The molecule has 1 atom stereocenters. The standard InChI is InChI=1S/C25H21F6N7O2/c26-16-6-15-18(7-14(16)22-32-8-13(9-33-22)21(27)28)34-11-38(24(15)40)5-1-2-17(12-3-4-12)36-19-10-35-37-23(39)20(19)25(29,30)31/h6-12,17,21H,1-5H2,(H2,36,37,39)/t17-/m1/s1. The van der Waals surface area contributed by atoms with Crippen LogP contribution in [0.1, 0.15) is 43.2 Å². The van der Waals surface area contributed by atoms with Crippen molar-refractivity contribution in [2.24, 2.45) is 5.92 Å². The molecule has 0 spiro atoms. The fourth-order valence-corrected chi connectivity index (χ4v) is 4.49. The highest BCUT2D eigenvalue weighted by Crippen LogP contribution is 2.38. The summed E-state index contributed by atoms with van der Waals surface area (Å²) in [5.74, 6) is -0.868. The lowest BCUT2D eigenvalue weighted by Gasteiger charge is -2.21. The van der Waals surface area contributed by atoms with Gasteiger partial charge in [0.05, 0.1) is 40.2 Å². The lowest BCUT2D eigenvalue weighted by Crippen LogP contribution is -2.30. The second-order valence-electron chi connectivity index (χ2n) is 9.45. The smallest absolute Gasteiger partial charge is 0.380 e. The monoisotopic (exact) mass is 565 g/mol. The van der Waals surface area contributed by atoms with Gasteiger partial charge in [-0.1, -0.05) is 0 Å². The van der Waals surface area contributed by atoms with Gasteiger partial charge in [0.15, 0.2) is 5.82 Å². The molecule has 4 aromatic rings. The van der Waals surface area contributed by atoms with Crippen LogP contribution in [0.4, 0.5) is 32.0 Å². The topological polar surface area (TPSA) is 118 Å². The summed E-state index contributed by atoms with van der Waals surface area (Å²) < 4.78 is 81.9. The van der Waals surface area contributed by atoms with Gasteiger partial charge in [-0.25, -0.2) is 33.2 Å². The average Bonchev–Trinajstić information content (AvgIpc) is 3.74. The predicted octanol–water partition coefficient (Wildman–Crippen LogP) is 4.70. The molecule has 3 heterocycles. The predicted molar refractivity (Wildman–Crippen MR) is 131 cm³/mol. The molecule has 1 saturated carbocycles. The number of aromatic amines is 1. The van der Waals surface area contributed by atoms with Crippen LogP contribution in [0.3, 0.4) is 0 Å². The van der Waals surface area contributed by atoms with E-state index < -0.39 is 46.4 Å². The first-order valence-corrected chi connectivity index (χ1v) is 12.2. The maximum absolute atomic E-state index is 14.9. The minimum atomic E-state index is -4.87. The zero-order valence-corrected chi connectivity index (χ0v) is 20.6. The van der Waals surface area contributed by atoms with Crippen LogP contribution in [0.15, 0.2) is 46.6 Å². The first-order valence-electron chi connectivity index (χ1n) is 12.2. The Kier molecular flexibility index (Phi) is 7.29. The van der Waals surface area contributed by atoms with Gasteiger partial charge in [0.25, 0.3) is 17.5 Å². The van der Waals surface area contributed by atoms with Crippen molar-refractivity contribution in [1.29, 1.82) is 0 Å². The van der Waals surface area contributed by atoms with E-state index in [1.54, 1.807) is 5.10 Å². The number of hydrogen-bond acceptors (Lipinski definition) is 7. The van der Waals surface area contributed by atoms with Crippen LogP contribution < -0.4 is 16.4 Å². The maximum atomic E-state index is 14.9. The number of nitrogens with one attached hydrogen (secondary N) is 2. The van der Waals surface area contributed by atoms with Crippen LogP contribution in [0.2, 0.25) is 0 Å². The minimum absolute atomic E-state index is 0.0192. The SMILES string of the molecule is O=c1[nH]ncc(N[C@H](CCCn2cnc3cc(-c4ncc(C(F)F)cn4)c(F)cc3c2=O)C2CC2)c1C(F)(F)F. The summed E-state index contributed by atoms with van der Waals surface area (Å²) in [7, 11) is 0. The number of rotatable bonds is 9. The van der Waals surface area contributed by atoms with Crippen molar-refractivity contribution >= 4 is 16.6 Å². The van der Waals surface area contributed by atoms with Gasteiger partial charge in [0.2, 0.25) is 0 Å². The molecule has 9 nitrogen and oxygen atoms in total. The van der Waals surface area contributed by atoms with Crippen molar-refractivity contribution < 1.29 is 26.3 Å². The number of H-pyrrole nitrogens is 1. The summed E-state index contributed by atoms with van der Waals surface area (Å²) >= 11 is 0. The van der Waals surface area contributed by atoms with Gasteiger partial charge < -0.3 is 5.32 Å². The molecule has 0 aliphatic heterocycles. The normalized spacial score (nSPS) is 14.6. The largest absolute Gasteiger partial charge is 0.423 e. The van der Waals surface area contributed by atoms with E-state index in [4.69, 9.17) is 0 Å². The van der Waals surface area contributed by atoms with Crippen molar-refractivity contribution in [1.82, 2.24) is 29.7 Å². The van der Waals surface area contributed by atoms with Crippen LogP contribution >= 0.6 is 0 Å². The molecule has 40 heavy (non-hydrogen) atoms.